The molecule has 0 aliphatic rings. The van der Waals surface area contributed by atoms with Crippen LogP contribution in [-0.4, -0.2) is 18.2 Å². The summed E-state index contributed by atoms with van der Waals surface area (Å²) in [4.78, 5) is 13.8. The molecule has 23 heavy (non-hydrogen) atoms. The molecule has 0 aliphatic heterocycles. The molecule has 1 N–H and O–H groups in total. The maximum absolute atomic E-state index is 11.2. The molecule has 0 fully saturated rings. The van der Waals surface area contributed by atoms with Gasteiger partial charge in [-0.15, -0.1) is 0 Å². The van der Waals surface area contributed by atoms with Gasteiger partial charge >= 0.3 is 5.97 Å². The number of aliphatic carboxylic acids is 1. The van der Waals surface area contributed by atoms with Crippen molar-refractivity contribution < 1.29 is 19.4 Å². The predicted octanol–water partition coefficient (Wildman–Crippen LogP) is 3.71. The second kappa shape index (κ2) is 7.72. The van der Waals surface area contributed by atoms with Crippen molar-refractivity contribution in [1.29, 1.82) is 0 Å². The Bertz CT molecular complexity index is 725. The number of methoxy groups -OCH3 is 1. The molecular weight excluding hydrogens is 298 g/mol. The Kier molecular flexibility index (Phi) is 5.44. The summed E-state index contributed by atoms with van der Waals surface area (Å²) in [6.45, 7) is 0.305. The summed E-state index contributed by atoms with van der Waals surface area (Å²) in [5, 5.41) is 12.4. The van der Waals surface area contributed by atoms with Gasteiger partial charge in [-0.1, -0.05) is 41.5 Å². The van der Waals surface area contributed by atoms with E-state index in [1.54, 1.807) is 6.07 Å². The number of ether oxygens (including phenoxy) is 2. The SMILES string of the molecule is COc1ccc([C@@H](N=[N+]=[N-])C(=O)O)cc1OCc1ccccc1. The zero-order valence-electron chi connectivity index (χ0n) is 12.4. The first kappa shape index (κ1) is 16.2. The summed E-state index contributed by atoms with van der Waals surface area (Å²) in [5.74, 6) is -0.384. The molecule has 0 radical (unpaired) electrons. The van der Waals surface area contributed by atoms with E-state index in [-0.39, 0.29) is 0 Å². The Morgan fingerprint density at radius 1 is 1.26 bits per heavy atom. The molecule has 0 unspecified atom stereocenters. The lowest BCUT2D eigenvalue weighted by Crippen LogP contribution is -2.09. The maximum Gasteiger partial charge on any atom is 0.316 e. The van der Waals surface area contributed by atoms with Crippen LogP contribution in [0.25, 0.3) is 10.4 Å². The molecule has 0 spiro atoms. The van der Waals surface area contributed by atoms with Crippen LogP contribution in [0.5, 0.6) is 11.5 Å². The van der Waals surface area contributed by atoms with Crippen molar-refractivity contribution in [2.24, 2.45) is 5.11 Å². The highest BCUT2D eigenvalue weighted by Crippen LogP contribution is 2.32. The summed E-state index contributed by atoms with van der Waals surface area (Å²) < 4.78 is 10.9. The number of hydrogen-bond acceptors (Lipinski definition) is 4. The van der Waals surface area contributed by atoms with E-state index in [1.165, 1.54) is 19.2 Å². The molecule has 2 rings (SSSR count). The Hall–Kier alpha value is -3.18. The summed E-state index contributed by atoms with van der Waals surface area (Å²) in [7, 11) is 1.49. The summed E-state index contributed by atoms with van der Waals surface area (Å²) >= 11 is 0. The van der Waals surface area contributed by atoms with Gasteiger partial charge in [-0.2, -0.15) is 0 Å². The molecule has 7 heteroatoms. The fourth-order valence-electron chi connectivity index (χ4n) is 2.02. The van der Waals surface area contributed by atoms with Crippen molar-refractivity contribution in [3.63, 3.8) is 0 Å². The lowest BCUT2D eigenvalue weighted by Gasteiger charge is -2.14. The van der Waals surface area contributed by atoms with Gasteiger partial charge in [-0.25, -0.2) is 0 Å². The monoisotopic (exact) mass is 313 g/mol. The van der Waals surface area contributed by atoms with Gasteiger partial charge in [0.05, 0.1) is 7.11 Å². The fraction of sp³-hybridized carbons (Fsp3) is 0.188. The number of benzene rings is 2. The highest BCUT2D eigenvalue weighted by Gasteiger charge is 2.20. The molecule has 0 aromatic heterocycles. The molecule has 1 atom stereocenters. The standard InChI is InChI=1S/C16H15N3O4/c1-22-13-8-7-12(15(16(20)21)18-19-17)9-14(13)23-10-11-5-3-2-4-6-11/h2-9,15H,10H2,1H3,(H,20,21)/t15-/m1/s1. The summed E-state index contributed by atoms with van der Waals surface area (Å²) in [6.07, 6.45) is 0. The van der Waals surface area contributed by atoms with Crippen molar-refractivity contribution >= 4 is 5.97 Å². The second-order valence-corrected chi connectivity index (χ2v) is 4.63. The first-order valence-electron chi connectivity index (χ1n) is 6.77. The molecule has 7 nitrogen and oxygen atoms in total. The van der Waals surface area contributed by atoms with Gasteiger partial charge in [-0.05, 0) is 28.8 Å². The van der Waals surface area contributed by atoms with Crippen LogP contribution >= 0.6 is 0 Å². The number of carboxylic acids is 1. The minimum absolute atomic E-state index is 0.305. The molecule has 2 aromatic rings. The molecule has 0 saturated carbocycles. The average Bonchev–Trinajstić information content (AvgIpc) is 2.58. The molecule has 0 amide bonds. The molecular formula is C16H15N3O4. The van der Waals surface area contributed by atoms with E-state index in [0.29, 0.717) is 23.7 Å². The van der Waals surface area contributed by atoms with E-state index in [4.69, 9.17) is 20.1 Å². The van der Waals surface area contributed by atoms with Crippen LogP contribution in [0.4, 0.5) is 0 Å². The molecule has 2 aromatic carbocycles. The van der Waals surface area contributed by atoms with Gasteiger partial charge in [0.1, 0.15) is 6.61 Å². The Labute approximate surface area is 132 Å². The predicted molar refractivity (Wildman–Crippen MR) is 83.3 cm³/mol. The van der Waals surface area contributed by atoms with Gasteiger partial charge in [0.2, 0.25) is 0 Å². The van der Waals surface area contributed by atoms with Gasteiger partial charge in [0.15, 0.2) is 17.5 Å². The van der Waals surface area contributed by atoms with E-state index in [9.17, 15) is 4.79 Å². The molecule has 0 saturated heterocycles. The van der Waals surface area contributed by atoms with E-state index < -0.39 is 12.0 Å². The zero-order valence-corrected chi connectivity index (χ0v) is 12.4. The minimum Gasteiger partial charge on any atom is -0.493 e. The van der Waals surface area contributed by atoms with Crippen molar-refractivity contribution in [3.8, 4) is 11.5 Å². The van der Waals surface area contributed by atoms with Crippen LogP contribution in [-0.2, 0) is 11.4 Å². The Morgan fingerprint density at radius 2 is 2.00 bits per heavy atom. The van der Waals surface area contributed by atoms with Crippen molar-refractivity contribution in [2.45, 2.75) is 12.6 Å². The summed E-state index contributed by atoms with van der Waals surface area (Å²) in [5.41, 5.74) is 9.79. The average molecular weight is 313 g/mol. The normalized spacial score (nSPS) is 11.2. The van der Waals surface area contributed by atoms with Crippen molar-refractivity contribution in [2.75, 3.05) is 7.11 Å². The zero-order chi connectivity index (χ0) is 16.7. The second-order valence-electron chi connectivity index (χ2n) is 4.63. The largest absolute Gasteiger partial charge is 0.493 e. The third-order valence-electron chi connectivity index (χ3n) is 3.14. The van der Waals surface area contributed by atoms with Crippen molar-refractivity contribution in [3.05, 3.63) is 70.1 Å². The van der Waals surface area contributed by atoms with E-state index in [0.717, 1.165) is 5.56 Å². The lowest BCUT2D eigenvalue weighted by atomic mass is 10.1. The van der Waals surface area contributed by atoms with Crippen LogP contribution in [0.1, 0.15) is 17.2 Å². The van der Waals surface area contributed by atoms with Gasteiger partial charge in [0.25, 0.3) is 0 Å². The molecule has 0 aliphatic carbocycles. The van der Waals surface area contributed by atoms with Crippen LogP contribution < -0.4 is 9.47 Å². The van der Waals surface area contributed by atoms with Crippen LogP contribution in [0.15, 0.2) is 53.6 Å². The smallest absolute Gasteiger partial charge is 0.316 e. The highest BCUT2D eigenvalue weighted by atomic mass is 16.5. The number of rotatable bonds is 7. The number of carboxylic acid groups (broad SMARTS) is 1. The molecule has 118 valence electrons. The summed E-state index contributed by atoms with van der Waals surface area (Å²) in [6, 6.07) is 12.8. The number of nitrogens with zero attached hydrogens (tertiary/aromatic N) is 3. The van der Waals surface area contributed by atoms with E-state index in [2.05, 4.69) is 10.0 Å². The fourth-order valence-corrected chi connectivity index (χ4v) is 2.02. The number of carbonyl (C=O) groups is 1. The Balaban J connectivity index is 2.28. The van der Waals surface area contributed by atoms with Crippen LogP contribution in [0, 0.1) is 0 Å². The van der Waals surface area contributed by atoms with E-state index >= 15 is 0 Å². The third-order valence-corrected chi connectivity index (χ3v) is 3.14. The van der Waals surface area contributed by atoms with Crippen LogP contribution in [0.3, 0.4) is 0 Å². The number of hydrogen-bond donors (Lipinski definition) is 1. The van der Waals surface area contributed by atoms with Gasteiger partial charge < -0.3 is 14.6 Å². The minimum atomic E-state index is -1.31. The first-order valence-corrected chi connectivity index (χ1v) is 6.77. The quantitative estimate of drug-likeness (QED) is 0.478. The molecule has 0 bridgehead atoms. The molecule has 0 heterocycles. The first-order chi connectivity index (χ1) is 11.2. The van der Waals surface area contributed by atoms with Crippen LogP contribution in [0.2, 0.25) is 0 Å². The van der Waals surface area contributed by atoms with Gasteiger partial charge in [0, 0.05) is 4.91 Å². The third kappa shape index (κ3) is 4.15. The van der Waals surface area contributed by atoms with Crippen molar-refractivity contribution in [1.82, 2.24) is 0 Å². The maximum atomic E-state index is 11.2. The van der Waals surface area contributed by atoms with Gasteiger partial charge in [-0.3, -0.25) is 4.79 Å². The Morgan fingerprint density at radius 3 is 2.61 bits per heavy atom. The topological polar surface area (TPSA) is 105 Å². The highest BCUT2D eigenvalue weighted by molar-refractivity contribution is 5.76. The number of azide groups is 1. The van der Waals surface area contributed by atoms with E-state index in [1.807, 2.05) is 30.3 Å². The lowest BCUT2D eigenvalue weighted by molar-refractivity contribution is -0.138.